The van der Waals surface area contributed by atoms with Crippen molar-refractivity contribution in [3.8, 4) is 11.4 Å². The van der Waals surface area contributed by atoms with Gasteiger partial charge in [-0.25, -0.2) is 0 Å². The molecule has 3 heterocycles. The highest BCUT2D eigenvalue weighted by molar-refractivity contribution is 5.58. The van der Waals surface area contributed by atoms with Gasteiger partial charge in [-0.1, -0.05) is 0 Å². The minimum atomic E-state index is -4.56. The first-order valence-corrected chi connectivity index (χ1v) is 7.31. The number of anilines is 2. The number of piperidine rings is 1. The molecule has 24 heavy (non-hydrogen) atoms. The van der Waals surface area contributed by atoms with Crippen LogP contribution in [-0.4, -0.2) is 44.2 Å². The van der Waals surface area contributed by atoms with Crippen molar-refractivity contribution in [2.75, 3.05) is 23.7 Å². The second-order valence-electron chi connectivity index (χ2n) is 5.49. The highest BCUT2D eigenvalue weighted by Gasteiger charge is 2.32. The molecule has 0 unspecified atom stereocenters. The van der Waals surface area contributed by atoms with E-state index < -0.39 is 18.0 Å². The summed E-state index contributed by atoms with van der Waals surface area (Å²) >= 11 is 0. The van der Waals surface area contributed by atoms with Crippen LogP contribution in [0.25, 0.3) is 11.4 Å². The second kappa shape index (κ2) is 6.19. The molecule has 1 fully saturated rings. The van der Waals surface area contributed by atoms with E-state index in [1.807, 2.05) is 0 Å². The molecule has 0 saturated carbocycles. The van der Waals surface area contributed by atoms with Gasteiger partial charge in [0.05, 0.1) is 6.10 Å². The molecule has 1 aliphatic rings. The van der Waals surface area contributed by atoms with Gasteiger partial charge in [0.2, 0.25) is 11.9 Å². The van der Waals surface area contributed by atoms with E-state index >= 15 is 0 Å². The molecule has 0 aromatic carbocycles. The number of aliphatic hydroxyl groups is 1. The van der Waals surface area contributed by atoms with Crippen LogP contribution in [0.1, 0.15) is 18.5 Å². The Labute approximate surface area is 135 Å². The summed E-state index contributed by atoms with van der Waals surface area (Å²) in [6.45, 7) is 0.969. The molecule has 10 heteroatoms. The number of aromatic nitrogens is 4. The molecule has 128 valence electrons. The van der Waals surface area contributed by atoms with E-state index in [0.29, 0.717) is 19.5 Å². The van der Waals surface area contributed by atoms with E-state index in [9.17, 15) is 18.3 Å². The number of hydrogen-bond donors (Lipinski definition) is 2. The summed E-state index contributed by atoms with van der Waals surface area (Å²) in [5, 5.41) is 9.75. The summed E-state index contributed by atoms with van der Waals surface area (Å²) in [4.78, 5) is 17.2. The van der Waals surface area contributed by atoms with Crippen LogP contribution >= 0.6 is 0 Å². The predicted octanol–water partition coefficient (Wildman–Crippen LogP) is 1.50. The number of hydrogen-bond acceptors (Lipinski definition) is 7. The summed E-state index contributed by atoms with van der Waals surface area (Å²) in [5.41, 5.74) is 4.78. The van der Waals surface area contributed by atoms with Gasteiger partial charge in [0, 0.05) is 24.8 Å². The first-order chi connectivity index (χ1) is 11.3. The zero-order chi connectivity index (χ0) is 17.3. The Kier molecular flexibility index (Phi) is 4.22. The monoisotopic (exact) mass is 340 g/mol. The lowest BCUT2D eigenvalue weighted by molar-refractivity contribution is -0.141. The molecule has 1 atom stereocenters. The summed E-state index contributed by atoms with van der Waals surface area (Å²) in [6.07, 6.45) is -2.58. The van der Waals surface area contributed by atoms with E-state index in [0.717, 1.165) is 18.7 Å². The fourth-order valence-electron chi connectivity index (χ4n) is 2.51. The van der Waals surface area contributed by atoms with Gasteiger partial charge in [-0.3, -0.25) is 4.98 Å². The highest BCUT2D eigenvalue weighted by Crippen LogP contribution is 2.30. The molecule has 2 aromatic rings. The van der Waals surface area contributed by atoms with E-state index in [1.165, 1.54) is 6.07 Å². The average molecular weight is 340 g/mol. The third-order valence-corrected chi connectivity index (χ3v) is 3.63. The number of nitrogens with two attached hydrogens (primary N) is 1. The minimum Gasteiger partial charge on any atom is -0.391 e. The van der Waals surface area contributed by atoms with E-state index in [-0.39, 0.29) is 23.3 Å². The average Bonchev–Trinajstić information content (AvgIpc) is 2.54. The van der Waals surface area contributed by atoms with Gasteiger partial charge < -0.3 is 15.7 Å². The normalized spacial score (nSPS) is 18.7. The number of β-amino-alcohol motifs (C(OH)–C–C–N with tert-alkyl or cyclic N) is 1. The molecule has 0 radical (unpaired) electrons. The molecule has 7 nitrogen and oxygen atoms in total. The quantitative estimate of drug-likeness (QED) is 0.854. The van der Waals surface area contributed by atoms with E-state index in [1.54, 1.807) is 4.90 Å². The van der Waals surface area contributed by atoms with Crippen LogP contribution in [0.3, 0.4) is 0 Å². The molecule has 0 amide bonds. The van der Waals surface area contributed by atoms with Crippen molar-refractivity contribution in [1.82, 2.24) is 19.9 Å². The Morgan fingerprint density at radius 1 is 1.25 bits per heavy atom. The van der Waals surface area contributed by atoms with Gasteiger partial charge in [-0.2, -0.15) is 28.1 Å². The molecule has 0 bridgehead atoms. The molecular weight excluding hydrogens is 325 g/mol. The van der Waals surface area contributed by atoms with Crippen LogP contribution in [0, 0.1) is 0 Å². The minimum absolute atomic E-state index is 0.0328. The molecule has 1 aliphatic heterocycles. The van der Waals surface area contributed by atoms with Crippen LogP contribution in [0.15, 0.2) is 18.3 Å². The van der Waals surface area contributed by atoms with Crippen LogP contribution < -0.4 is 10.6 Å². The molecular formula is C14H15F3N6O. The zero-order valence-electron chi connectivity index (χ0n) is 12.5. The SMILES string of the molecule is Nc1nc(-c2ccnc(C(F)(F)F)c2)nc(N2CCC[C@H](O)C2)n1. The third-order valence-electron chi connectivity index (χ3n) is 3.63. The first-order valence-electron chi connectivity index (χ1n) is 7.31. The fourth-order valence-corrected chi connectivity index (χ4v) is 2.51. The topological polar surface area (TPSA) is 101 Å². The largest absolute Gasteiger partial charge is 0.433 e. The molecule has 2 aromatic heterocycles. The van der Waals surface area contributed by atoms with E-state index in [4.69, 9.17) is 5.73 Å². The summed E-state index contributed by atoms with van der Waals surface area (Å²) in [5.74, 6) is 0.174. The summed E-state index contributed by atoms with van der Waals surface area (Å²) in [6, 6.07) is 2.24. The lowest BCUT2D eigenvalue weighted by Gasteiger charge is -2.30. The van der Waals surface area contributed by atoms with Gasteiger partial charge in [0.15, 0.2) is 5.82 Å². The Morgan fingerprint density at radius 3 is 2.75 bits per heavy atom. The number of pyridine rings is 1. The number of rotatable bonds is 2. The van der Waals surface area contributed by atoms with Gasteiger partial charge in [-0.05, 0) is 25.0 Å². The third kappa shape index (κ3) is 3.53. The van der Waals surface area contributed by atoms with Crippen molar-refractivity contribution in [2.45, 2.75) is 25.1 Å². The standard InChI is InChI=1S/C14H15F3N6O/c15-14(16,17)10-6-8(3-4-19-10)11-20-12(18)22-13(21-11)23-5-1-2-9(24)7-23/h3-4,6,9,24H,1-2,5,7H2,(H2,18,20,21,22)/t9-/m0/s1. The Hall–Kier alpha value is -2.49. The predicted molar refractivity (Wildman–Crippen MR) is 79.9 cm³/mol. The van der Waals surface area contributed by atoms with Gasteiger partial charge in [0.25, 0.3) is 0 Å². The van der Waals surface area contributed by atoms with Crippen molar-refractivity contribution in [3.63, 3.8) is 0 Å². The van der Waals surface area contributed by atoms with Crippen LogP contribution in [0.2, 0.25) is 0 Å². The van der Waals surface area contributed by atoms with Crippen LogP contribution in [-0.2, 0) is 6.18 Å². The number of nitrogens with zero attached hydrogens (tertiary/aromatic N) is 5. The van der Waals surface area contributed by atoms with E-state index in [2.05, 4.69) is 19.9 Å². The summed E-state index contributed by atoms with van der Waals surface area (Å²) in [7, 11) is 0. The van der Waals surface area contributed by atoms with Crippen molar-refractivity contribution in [1.29, 1.82) is 0 Å². The van der Waals surface area contributed by atoms with Crippen LogP contribution in [0.5, 0.6) is 0 Å². The zero-order valence-corrected chi connectivity index (χ0v) is 12.5. The second-order valence-corrected chi connectivity index (χ2v) is 5.49. The van der Waals surface area contributed by atoms with Crippen molar-refractivity contribution >= 4 is 11.9 Å². The summed E-state index contributed by atoms with van der Waals surface area (Å²) < 4.78 is 38.4. The smallest absolute Gasteiger partial charge is 0.391 e. The van der Waals surface area contributed by atoms with Crippen molar-refractivity contribution in [3.05, 3.63) is 24.0 Å². The Balaban J connectivity index is 1.97. The first kappa shape index (κ1) is 16.4. The number of alkyl halides is 3. The van der Waals surface area contributed by atoms with Crippen molar-refractivity contribution in [2.24, 2.45) is 0 Å². The maximum atomic E-state index is 12.8. The lowest BCUT2D eigenvalue weighted by Crippen LogP contribution is -2.39. The molecule has 1 saturated heterocycles. The van der Waals surface area contributed by atoms with Gasteiger partial charge >= 0.3 is 6.18 Å². The molecule has 3 N–H and O–H groups in total. The van der Waals surface area contributed by atoms with Crippen LogP contribution in [0.4, 0.5) is 25.1 Å². The highest BCUT2D eigenvalue weighted by atomic mass is 19.4. The maximum Gasteiger partial charge on any atom is 0.433 e. The van der Waals surface area contributed by atoms with Gasteiger partial charge in [0.1, 0.15) is 5.69 Å². The lowest BCUT2D eigenvalue weighted by atomic mass is 10.1. The molecule has 0 spiro atoms. The number of nitrogen functional groups attached to an aromatic ring is 1. The Bertz CT molecular complexity index is 739. The maximum absolute atomic E-state index is 12.8. The Morgan fingerprint density at radius 2 is 2.04 bits per heavy atom. The van der Waals surface area contributed by atoms with Gasteiger partial charge in [-0.15, -0.1) is 0 Å². The number of aliphatic hydroxyl groups excluding tert-OH is 1. The molecule has 3 rings (SSSR count). The van der Waals surface area contributed by atoms with Crippen molar-refractivity contribution < 1.29 is 18.3 Å². The molecule has 0 aliphatic carbocycles. The number of halogens is 3. The fraction of sp³-hybridized carbons (Fsp3) is 0.429.